The summed E-state index contributed by atoms with van der Waals surface area (Å²) in [6, 6.07) is 7.24. The molecule has 0 unspecified atom stereocenters. The Morgan fingerprint density at radius 2 is 1.38 bits per heavy atom. The first-order valence-electron chi connectivity index (χ1n) is 11.8. The molecule has 2 amide bonds. The number of carbonyl (C=O) groups is 2. The third kappa shape index (κ3) is 4.05. The first kappa shape index (κ1) is 23.0. The molecule has 2 fully saturated rings. The van der Waals surface area contributed by atoms with Crippen LogP contribution in [0, 0.1) is 10.1 Å². The maximum absolute atomic E-state index is 13.4. The van der Waals surface area contributed by atoms with Crippen LogP contribution in [0.4, 0.5) is 23.5 Å². The zero-order chi connectivity index (χ0) is 25.5. The number of nitrogens with one attached hydrogen (secondary N) is 1. The highest BCUT2D eigenvalue weighted by atomic mass is 16.6. The van der Waals surface area contributed by atoms with Crippen molar-refractivity contribution in [3.8, 4) is 0 Å². The molecule has 3 aliphatic heterocycles. The van der Waals surface area contributed by atoms with Gasteiger partial charge in [0, 0.05) is 37.6 Å². The van der Waals surface area contributed by atoms with Crippen LogP contribution in [0.1, 0.15) is 20.7 Å². The Morgan fingerprint density at radius 3 is 1.95 bits per heavy atom. The Labute approximate surface area is 209 Å². The number of nitro benzene ring substituents is 1. The predicted molar refractivity (Wildman–Crippen MR) is 131 cm³/mol. The molecule has 2 saturated heterocycles. The molecule has 3 aromatic rings. The minimum absolute atomic E-state index is 0.0252. The number of aromatic nitrogens is 3. The van der Waals surface area contributed by atoms with Crippen molar-refractivity contribution >= 4 is 46.1 Å². The normalized spacial score (nSPS) is 17.9. The van der Waals surface area contributed by atoms with Gasteiger partial charge in [-0.2, -0.15) is 20.0 Å². The van der Waals surface area contributed by atoms with Crippen LogP contribution in [0.25, 0.3) is 10.8 Å². The molecule has 14 nitrogen and oxygen atoms in total. The van der Waals surface area contributed by atoms with Crippen molar-refractivity contribution in [3.05, 3.63) is 51.6 Å². The van der Waals surface area contributed by atoms with Gasteiger partial charge in [0.2, 0.25) is 17.8 Å². The molecule has 14 heteroatoms. The zero-order valence-corrected chi connectivity index (χ0v) is 19.6. The molecule has 37 heavy (non-hydrogen) atoms. The first-order chi connectivity index (χ1) is 18.0. The van der Waals surface area contributed by atoms with Gasteiger partial charge in [-0.15, -0.1) is 0 Å². The number of hydrogen-bond acceptors (Lipinski definition) is 12. The molecule has 6 rings (SSSR count). The quantitative estimate of drug-likeness (QED) is 0.300. The minimum Gasteiger partial charge on any atom is -0.378 e. The van der Waals surface area contributed by atoms with E-state index >= 15 is 0 Å². The van der Waals surface area contributed by atoms with Crippen molar-refractivity contribution < 1.29 is 24.0 Å². The van der Waals surface area contributed by atoms with E-state index in [1.54, 1.807) is 6.07 Å². The van der Waals surface area contributed by atoms with E-state index in [1.165, 1.54) is 24.3 Å². The number of ether oxygens (including phenoxy) is 2. The molecule has 0 bridgehead atoms. The van der Waals surface area contributed by atoms with Crippen LogP contribution >= 0.6 is 0 Å². The number of anilines is 3. The van der Waals surface area contributed by atoms with Gasteiger partial charge in [-0.3, -0.25) is 25.1 Å². The van der Waals surface area contributed by atoms with Crippen molar-refractivity contribution in [1.29, 1.82) is 0 Å². The lowest BCUT2D eigenvalue weighted by atomic mass is 9.94. The molecule has 3 aliphatic rings. The number of benzene rings is 2. The predicted octanol–water partition coefficient (Wildman–Crippen LogP) is 1.23. The number of nitrogens with zero attached hydrogens (tertiary/aromatic N) is 7. The Hall–Kier alpha value is -4.43. The van der Waals surface area contributed by atoms with Crippen molar-refractivity contribution in [2.24, 2.45) is 0 Å². The smallest absolute Gasteiger partial charge is 0.280 e. The highest BCUT2D eigenvalue weighted by Gasteiger charge is 2.36. The topological polar surface area (TPSA) is 156 Å². The second-order valence-electron chi connectivity index (χ2n) is 8.63. The highest BCUT2D eigenvalue weighted by Crippen LogP contribution is 2.35. The van der Waals surface area contributed by atoms with Crippen LogP contribution in [0.15, 0.2) is 30.3 Å². The van der Waals surface area contributed by atoms with Crippen molar-refractivity contribution in [1.82, 2.24) is 20.0 Å². The highest BCUT2D eigenvalue weighted by molar-refractivity contribution is 6.26. The van der Waals surface area contributed by atoms with E-state index in [0.29, 0.717) is 64.5 Å². The third-order valence-electron chi connectivity index (χ3n) is 6.49. The zero-order valence-electron chi connectivity index (χ0n) is 19.6. The third-order valence-corrected chi connectivity index (χ3v) is 6.49. The lowest BCUT2D eigenvalue weighted by Crippen LogP contribution is -2.45. The van der Waals surface area contributed by atoms with Gasteiger partial charge >= 0.3 is 0 Å². The second kappa shape index (κ2) is 9.22. The average Bonchev–Trinajstić information content (AvgIpc) is 2.94. The summed E-state index contributed by atoms with van der Waals surface area (Å²) in [5, 5.41) is 12.8. The summed E-state index contributed by atoms with van der Waals surface area (Å²) in [6.07, 6.45) is 0. The van der Waals surface area contributed by atoms with E-state index in [2.05, 4.69) is 20.4 Å². The molecule has 1 N–H and O–H groups in total. The molecule has 190 valence electrons. The van der Waals surface area contributed by atoms with Crippen molar-refractivity contribution in [3.63, 3.8) is 0 Å². The molecule has 1 aromatic heterocycles. The fourth-order valence-electron chi connectivity index (χ4n) is 4.66. The van der Waals surface area contributed by atoms with Crippen molar-refractivity contribution in [2.75, 3.05) is 67.8 Å². The maximum Gasteiger partial charge on any atom is 0.280 e. The van der Waals surface area contributed by atoms with Gasteiger partial charge in [0.15, 0.2) is 0 Å². The number of nitro groups is 1. The lowest BCUT2D eigenvalue weighted by molar-refractivity contribution is -0.383. The number of morpholine rings is 2. The van der Waals surface area contributed by atoms with Crippen LogP contribution in [0.3, 0.4) is 0 Å². The van der Waals surface area contributed by atoms with Gasteiger partial charge in [0.25, 0.3) is 17.5 Å². The van der Waals surface area contributed by atoms with E-state index in [4.69, 9.17) is 9.47 Å². The Balaban J connectivity index is 1.38. The number of hydrazine groups is 1. The molecule has 0 saturated carbocycles. The first-order valence-corrected chi connectivity index (χ1v) is 11.8. The number of rotatable bonds is 5. The molecular formula is C23H22N8O6. The number of carbonyl (C=O) groups excluding carboxylic acids is 2. The van der Waals surface area contributed by atoms with Crippen LogP contribution < -0.4 is 15.2 Å². The summed E-state index contributed by atoms with van der Waals surface area (Å²) in [5.41, 5.74) is 2.94. The van der Waals surface area contributed by atoms with Gasteiger partial charge in [-0.1, -0.05) is 6.07 Å². The lowest BCUT2D eigenvalue weighted by Gasteiger charge is -2.31. The van der Waals surface area contributed by atoms with Crippen molar-refractivity contribution in [2.45, 2.75) is 0 Å². The van der Waals surface area contributed by atoms with E-state index in [-0.39, 0.29) is 33.5 Å². The fraction of sp³-hybridized carbons (Fsp3) is 0.348. The summed E-state index contributed by atoms with van der Waals surface area (Å²) >= 11 is 0. The van der Waals surface area contributed by atoms with E-state index < -0.39 is 16.7 Å². The molecule has 0 radical (unpaired) electrons. The standard InChI is InChI=1S/C23H22N8O6/c32-19-15-3-1-2-14-17(31(34)35)5-4-16(18(14)15)20(33)30(19)27-21-24-22(28-6-10-36-11-7-28)26-23(25-21)29-8-12-37-13-9-29/h1-5H,6-13H2,(H,24,25,26,27). The molecule has 4 heterocycles. The van der Waals surface area contributed by atoms with E-state index in [9.17, 15) is 19.7 Å². The number of amides is 2. The monoisotopic (exact) mass is 506 g/mol. The molecule has 0 spiro atoms. The van der Waals surface area contributed by atoms with Gasteiger partial charge in [-0.05, 0) is 18.2 Å². The van der Waals surface area contributed by atoms with E-state index in [1.807, 2.05) is 9.80 Å². The summed E-state index contributed by atoms with van der Waals surface area (Å²) < 4.78 is 10.9. The summed E-state index contributed by atoms with van der Waals surface area (Å²) in [7, 11) is 0. The van der Waals surface area contributed by atoms with Crippen LogP contribution in [0.2, 0.25) is 0 Å². The van der Waals surface area contributed by atoms with Crippen LogP contribution in [0.5, 0.6) is 0 Å². The molecule has 0 aliphatic carbocycles. The molecular weight excluding hydrogens is 484 g/mol. The van der Waals surface area contributed by atoms with Gasteiger partial charge < -0.3 is 19.3 Å². The number of non-ortho nitro benzene ring substituents is 1. The van der Waals surface area contributed by atoms with Crippen LogP contribution in [-0.2, 0) is 9.47 Å². The van der Waals surface area contributed by atoms with E-state index in [0.717, 1.165) is 5.01 Å². The van der Waals surface area contributed by atoms with Crippen LogP contribution in [-0.4, -0.2) is 89.3 Å². The Kier molecular flexibility index (Phi) is 5.73. The Morgan fingerprint density at radius 1 is 0.811 bits per heavy atom. The second-order valence-corrected chi connectivity index (χ2v) is 8.63. The van der Waals surface area contributed by atoms with Gasteiger partial charge in [0.1, 0.15) is 0 Å². The summed E-state index contributed by atoms with van der Waals surface area (Å²) in [4.78, 5) is 55.4. The Bertz CT molecular complexity index is 1360. The van der Waals surface area contributed by atoms with Gasteiger partial charge in [0.05, 0.1) is 47.9 Å². The SMILES string of the molecule is O=C1c2cccc3c([N+](=O)[O-])ccc(c23)C(=O)N1Nc1nc(N2CCOCC2)nc(N2CCOCC2)n1. The summed E-state index contributed by atoms with van der Waals surface area (Å²) in [6.45, 7) is 4.44. The molecule has 0 atom stereocenters. The maximum atomic E-state index is 13.4. The van der Waals surface area contributed by atoms with Gasteiger partial charge in [-0.25, -0.2) is 0 Å². The minimum atomic E-state index is -0.662. The molecule has 2 aromatic carbocycles. The summed E-state index contributed by atoms with van der Waals surface area (Å²) in [5.74, 6) is -0.499. The number of hydrogen-bond donors (Lipinski definition) is 1. The fourth-order valence-corrected chi connectivity index (χ4v) is 4.66. The number of imide groups is 1. The largest absolute Gasteiger partial charge is 0.378 e. The average molecular weight is 506 g/mol.